The monoisotopic (exact) mass is 403 g/mol. The number of hydrogen-bond donors (Lipinski definition) is 1. The maximum absolute atomic E-state index is 14.3. The number of rotatable bonds is 6. The van der Waals surface area contributed by atoms with E-state index in [9.17, 15) is 9.18 Å². The molecule has 30 heavy (non-hydrogen) atoms. The lowest BCUT2D eigenvalue weighted by atomic mass is 10.1. The van der Waals surface area contributed by atoms with Crippen molar-refractivity contribution >= 4 is 16.9 Å². The van der Waals surface area contributed by atoms with Gasteiger partial charge in [0.1, 0.15) is 17.4 Å². The fourth-order valence-corrected chi connectivity index (χ4v) is 3.56. The minimum atomic E-state index is -0.401. The third-order valence-corrected chi connectivity index (χ3v) is 5.06. The molecule has 0 unspecified atom stereocenters. The first-order valence-electron chi connectivity index (χ1n) is 9.71. The zero-order valence-electron chi connectivity index (χ0n) is 16.8. The van der Waals surface area contributed by atoms with Crippen LogP contribution in [0.15, 0.2) is 72.8 Å². The van der Waals surface area contributed by atoms with Gasteiger partial charge in [-0.05, 0) is 37.3 Å². The van der Waals surface area contributed by atoms with E-state index in [0.29, 0.717) is 29.2 Å². The van der Waals surface area contributed by atoms with Gasteiger partial charge in [0, 0.05) is 5.56 Å². The minimum Gasteiger partial charge on any atom is -0.496 e. The van der Waals surface area contributed by atoms with Crippen molar-refractivity contribution in [2.45, 2.75) is 19.5 Å². The summed E-state index contributed by atoms with van der Waals surface area (Å²) in [5, 5.41) is 2.99. The smallest absolute Gasteiger partial charge is 0.255 e. The van der Waals surface area contributed by atoms with Crippen molar-refractivity contribution in [1.29, 1.82) is 0 Å². The van der Waals surface area contributed by atoms with Crippen LogP contribution in [0, 0.1) is 5.82 Å². The highest BCUT2D eigenvalue weighted by Gasteiger charge is 2.21. The van der Waals surface area contributed by atoms with Crippen molar-refractivity contribution in [3.8, 4) is 5.75 Å². The number of aromatic nitrogens is 2. The third-order valence-electron chi connectivity index (χ3n) is 5.06. The number of nitrogens with one attached hydrogen (secondary N) is 1. The Morgan fingerprint density at radius 1 is 1.07 bits per heavy atom. The SMILES string of the molecule is COc1ccccc1C(=O)N[C@@H](C)c1nc2ccccc2n1Cc1ccccc1F. The lowest BCUT2D eigenvalue weighted by Crippen LogP contribution is -2.29. The van der Waals surface area contributed by atoms with E-state index in [-0.39, 0.29) is 11.7 Å². The molecule has 1 N–H and O–H groups in total. The molecule has 0 saturated carbocycles. The highest BCUT2D eigenvalue weighted by atomic mass is 19.1. The van der Waals surface area contributed by atoms with Gasteiger partial charge in [0.2, 0.25) is 0 Å². The fraction of sp³-hybridized carbons (Fsp3) is 0.167. The van der Waals surface area contributed by atoms with Crippen LogP contribution >= 0.6 is 0 Å². The van der Waals surface area contributed by atoms with E-state index in [0.717, 1.165) is 11.0 Å². The Labute approximate surface area is 174 Å². The molecule has 0 aliphatic carbocycles. The summed E-state index contributed by atoms with van der Waals surface area (Å²) in [5.74, 6) is 0.626. The number of para-hydroxylation sites is 3. The van der Waals surface area contributed by atoms with E-state index in [2.05, 4.69) is 5.32 Å². The van der Waals surface area contributed by atoms with Crippen LogP contribution in [0.5, 0.6) is 5.75 Å². The molecule has 6 heteroatoms. The number of benzene rings is 3. The molecule has 3 aromatic carbocycles. The van der Waals surface area contributed by atoms with Gasteiger partial charge in [0.05, 0.1) is 36.3 Å². The van der Waals surface area contributed by atoms with Gasteiger partial charge < -0.3 is 14.6 Å². The Hall–Kier alpha value is -3.67. The highest BCUT2D eigenvalue weighted by Crippen LogP contribution is 2.24. The van der Waals surface area contributed by atoms with Gasteiger partial charge >= 0.3 is 0 Å². The van der Waals surface area contributed by atoms with Gasteiger partial charge in [-0.2, -0.15) is 0 Å². The molecule has 152 valence electrons. The minimum absolute atomic E-state index is 0.260. The quantitative estimate of drug-likeness (QED) is 0.507. The summed E-state index contributed by atoms with van der Waals surface area (Å²) in [6.07, 6.45) is 0. The van der Waals surface area contributed by atoms with Crippen LogP contribution in [-0.4, -0.2) is 22.6 Å². The first-order chi connectivity index (χ1) is 14.6. The molecule has 1 aromatic heterocycles. The number of imidazole rings is 1. The normalized spacial score (nSPS) is 12.0. The standard InChI is InChI=1S/C24H22FN3O2/c1-16(26-24(29)18-10-4-8-14-22(18)30-2)23-27-20-12-6-7-13-21(20)28(23)15-17-9-3-5-11-19(17)25/h3-14,16H,15H2,1-2H3,(H,26,29)/t16-/m0/s1. The van der Waals surface area contributed by atoms with Crippen molar-refractivity contribution in [2.75, 3.05) is 7.11 Å². The van der Waals surface area contributed by atoms with E-state index in [1.807, 2.05) is 47.9 Å². The van der Waals surface area contributed by atoms with Crippen molar-refractivity contribution in [2.24, 2.45) is 0 Å². The summed E-state index contributed by atoms with van der Waals surface area (Å²) < 4.78 is 21.6. The molecule has 0 aliphatic heterocycles. The number of carbonyl (C=O) groups is 1. The molecule has 0 radical (unpaired) electrons. The summed E-state index contributed by atoms with van der Waals surface area (Å²) >= 11 is 0. The van der Waals surface area contributed by atoms with E-state index < -0.39 is 6.04 Å². The summed E-state index contributed by atoms with van der Waals surface area (Å²) in [7, 11) is 1.53. The zero-order chi connectivity index (χ0) is 21.1. The molecular formula is C24H22FN3O2. The lowest BCUT2D eigenvalue weighted by molar-refractivity contribution is 0.0934. The second-order valence-electron chi connectivity index (χ2n) is 7.03. The maximum Gasteiger partial charge on any atom is 0.255 e. The van der Waals surface area contributed by atoms with Crippen molar-refractivity contribution < 1.29 is 13.9 Å². The predicted molar refractivity (Wildman–Crippen MR) is 114 cm³/mol. The largest absolute Gasteiger partial charge is 0.496 e. The maximum atomic E-state index is 14.3. The van der Waals surface area contributed by atoms with Crippen molar-refractivity contribution in [1.82, 2.24) is 14.9 Å². The number of carbonyl (C=O) groups excluding carboxylic acids is 1. The number of fused-ring (bicyclic) bond motifs is 1. The van der Waals surface area contributed by atoms with Gasteiger partial charge in [-0.15, -0.1) is 0 Å². The molecule has 1 amide bonds. The molecular weight excluding hydrogens is 381 g/mol. The number of halogens is 1. The molecule has 0 spiro atoms. The fourth-order valence-electron chi connectivity index (χ4n) is 3.56. The molecule has 0 aliphatic rings. The van der Waals surface area contributed by atoms with Crippen LogP contribution in [0.3, 0.4) is 0 Å². The van der Waals surface area contributed by atoms with E-state index in [1.165, 1.54) is 13.2 Å². The topological polar surface area (TPSA) is 56.1 Å². The predicted octanol–water partition coefficient (Wildman–Crippen LogP) is 4.72. The number of amides is 1. The van der Waals surface area contributed by atoms with E-state index in [1.54, 1.807) is 30.3 Å². The van der Waals surface area contributed by atoms with Crippen LogP contribution in [0.25, 0.3) is 11.0 Å². The van der Waals surface area contributed by atoms with Crippen molar-refractivity contribution in [3.05, 3.63) is 95.6 Å². The van der Waals surface area contributed by atoms with Gasteiger partial charge in [-0.3, -0.25) is 4.79 Å². The average Bonchev–Trinajstić information content (AvgIpc) is 3.14. The van der Waals surface area contributed by atoms with E-state index in [4.69, 9.17) is 9.72 Å². The Morgan fingerprint density at radius 2 is 1.77 bits per heavy atom. The van der Waals surface area contributed by atoms with Gasteiger partial charge in [0.25, 0.3) is 5.91 Å². The number of hydrogen-bond acceptors (Lipinski definition) is 3. The van der Waals surface area contributed by atoms with Crippen molar-refractivity contribution in [3.63, 3.8) is 0 Å². The molecule has 4 aromatic rings. The molecule has 0 fully saturated rings. The molecule has 0 bridgehead atoms. The number of methoxy groups -OCH3 is 1. The first kappa shape index (κ1) is 19.6. The Balaban J connectivity index is 1.69. The summed E-state index contributed by atoms with van der Waals surface area (Å²) in [6.45, 7) is 2.18. The second kappa shape index (κ2) is 8.37. The zero-order valence-corrected chi connectivity index (χ0v) is 16.8. The van der Waals surface area contributed by atoms with Crippen LogP contribution in [0.1, 0.15) is 34.7 Å². The first-order valence-corrected chi connectivity index (χ1v) is 9.71. The Bertz CT molecular complexity index is 1200. The van der Waals surface area contributed by atoms with Gasteiger partial charge in [-0.1, -0.05) is 42.5 Å². The number of ether oxygens (including phenoxy) is 1. The number of nitrogens with zero attached hydrogens (tertiary/aromatic N) is 2. The van der Waals surface area contributed by atoms with Crippen LogP contribution in [0.2, 0.25) is 0 Å². The second-order valence-corrected chi connectivity index (χ2v) is 7.03. The average molecular weight is 403 g/mol. The Kier molecular flexibility index (Phi) is 5.48. The Morgan fingerprint density at radius 3 is 2.57 bits per heavy atom. The summed E-state index contributed by atoms with van der Waals surface area (Å²) in [6, 6.07) is 21.0. The molecule has 5 nitrogen and oxygen atoms in total. The van der Waals surface area contributed by atoms with Crippen LogP contribution in [0.4, 0.5) is 4.39 Å². The summed E-state index contributed by atoms with van der Waals surface area (Å²) in [5.41, 5.74) is 2.69. The molecule has 1 heterocycles. The highest BCUT2D eigenvalue weighted by molar-refractivity contribution is 5.97. The molecule has 1 atom stereocenters. The van der Waals surface area contributed by atoms with Gasteiger partial charge in [-0.25, -0.2) is 9.37 Å². The lowest BCUT2D eigenvalue weighted by Gasteiger charge is -2.17. The third kappa shape index (κ3) is 3.76. The molecule has 0 saturated heterocycles. The van der Waals surface area contributed by atoms with Gasteiger partial charge in [0.15, 0.2) is 0 Å². The molecule has 4 rings (SSSR count). The van der Waals surface area contributed by atoms with Crippen LogP contribution < -0.4 is 10.1 Å². The summed E-state index contributed by atoms with van der Waals surface area (Å²) in [4.78, 5) is 17.6. The van der Waals surface area contributed by atoms with Crippen LogP contribution in [-0.2, 0) is 6.54 Å². The van der Waals surface area contributed by atoms with E-state index >= 15 is 0 Å².